The Morgan fingerprint density at radius 1 is 1.38 bits per heavy atom. The van der Waals surface area contributed by atoms with E-state index < -0.39 is 28.6 Å². The van der Waals surface area contributed by atoms with Gasteiger partial charge in [0.05, 0.1) is 18.1 Å². The molecule has 3 rings (SSSR count). The van der Waals surface area contributed by atoms with E-state index in [0.717, 1.165) is 5.56 Å². The fourth-order valence-electron chi connectivity index (χ4n) is 3.70. The molecule has 2 saturated heterocycles. The summed E-state index contributed by atoms with van der Waals surface area (Å²) in [6.07, 6.45) is 0.508. The number of aliphatic hydroxyl groups excluding tert-OH is 1. The first-order valence-electron chi connectivity index (χ1n) is 8.15. The standard InChI is InChI=1S/C18H24N2O4/c1-16(2)17(3)9-13(18(4,20-17)15(23)24-16)14(22)19-12-7-5-6-11(8-12)10-21/h5-8,13,20-21H,9-10H2,1-4H3,(H,19,22)/t13-,17-,18+/m1/s1. The highest BCUT2D eigenvalue weighted by Gasteiger charge is 2.67. The minimum atomic E-state index is -1.04. The monoisotopic (exact) mass is 332 g/mol. The average molecular weight is 332 g/mol. The molecule has 0 spiro atoms. The van der Waals surface area contributed by atoms with Crippen molar-refractivity contribution in [3.63, 3.8) is 0 Å². The van der Waals surface area contributed by atoms with Crippen LogP contribution in [0, 0.1) is 5.92 Å². The summed E-state index contributed by atoms with van der Waals surface area (Å²) in [6, 6.07) is 7.03. The van der Waals surface area contributed by atoms with Gasteiger partial charge in [0.2, 0.25) is 5.91 Å². The lowest BCUT2D eigenvalue weighted by molar-refractivity contribution is -0.181. The molecule has 2 aliphatic heterocycles. The summed E-state index contributed by atoms with van der Waals surface area (Å²) in [5.74, 6) is -1.15. The lowest BCUT2D eigenvalue weighted by atomic mass is 9.80. The molecule has 2 bridgehead atoms. The number of fused-ring (bicyclic) bond motifs is 2. The number of carbonyl (C=O) groups is 2. The van der Waals surface area contributed by atoms with Crippen molar-refractivity contribution in [2.24, 2.45) is 5.92 Å². The van der Waals surface area contributed by atoms with Gasteiger partial charge >= 0.3 is 5.97 Å². The third kappa shape index (κ3) is 2.41. The van der Waals surface area contributed by atoms with E-state index in [4.69, 9.17) is 4.74 Å². The Kier molecular flexibility index (Phi) is 3.73. The molecule has 3 atom stereocenters. The van der Waals surface area contributed by atoms with Crippen LogP contribution in [0.2, 0.25) is 0 Å². The maximum atomic E-state index is 12.8. The van der Waals surface area contributed by atoms with Crippen LogP contribution in [-0.4, -0.2) is 33.7 Å². The van der Waals surface area contributed by atoms with Crippen molar-refractivity contribution in [1.29, 1.82) is 0 Å². The Bertz CT molecular complexity index is 702. The smallest absolute Gasteiger partial charge is 0.327 e. The van der Waals surface area contributed by atoms with Crippen molar-refractivity contribution in [2.45, 2.75) is 57.4 Å². The van der Waals surface area contributed by atoms with Crippen molar-refractivity contribution >= 4 is 17.6 Å². The highest BCUT2D eigenvalue weighted by Crippen LogP contribution is 2.48. The third-order valence-corrected chi connectivity index (χ3v) is 5.64. The summed E-state index contributed by atoms with van der Waals surface area (Å²) in [5, 5.41) is 15.4. The fourth-order valence-corrected chi connectivity index (χ4v) is 3.70. The molecule has 6 nitrogen and oxygen atoms in total. The number of carbonyl (C=O) groups excluding carboxylic acids is 2. The number of nitrogens with one attached hydrogen (secondary N) is 2. The molecular formula is C18H24N2O4. The molecule has 1 amide bonds. The summed E-state index contributed by atoms with van der Waals surface area (Å²) in [4.78, 5) is 25.3. The predicted octanol–water partition coefficient (Wildman–Crippen LogP) is 1.58. The van der Waals surface area contributed by atoms with Gasteiger partial charge in [0.25, 0.3) is 0 Å². The number of hydrogen-bond acceptors (Lipinski definition) is 5. The number of amides is 1. The van der Waals surface area contributed by atoms with Crippen LogP contribution in [0.5, 0.6) is 0 Å². The Balaban J connectivity index is 1.86. The van der Waals surface area contributed by atoms with Gasteiger partial charge in [-0.2, -0.15) is 0 Å². The zero-order chi connectivity index (χ0) is 17.8. The molecule has 1 aromatic carbocycles. The second-order valence-electron chi connectivity index (χ2n) is 7.66. The van der Waals surface area contributed by atoms with E-state index in [1.165, 1.54) is 0 Å². The summed E-state index contributed by atoms with van der Waals surface area (Å²) in [7, 11) is 0. The van der Waals surface area contributed by atoms with E-state index >= 15 is 0 Å². The molecule has 0 aromatic heterocycles. The quantitative estimate of drug-likeness (QED) is 0.732. The summed E-state index contributed by atoms with van der Waals surface area (Å²) in [6.45, 7) is 7.34. The normalized spacial score (nSPS) is 33.9. The Labute approximate surface area is 141 Å². The van der Waals surface area contributed by atoms with Gasteiger partial charge in [-0.3, -0.25) is 14.9 Å². The molecule has 0 radical (unpaired) electrons. The maximum Gasteiger partial charge on any atom is 0.327 e. The minimum absolute atomic E-state index is 0.0923. The molecule has 0 aliphatic carbocycles. The highest BCUT2D eigenvalue weighted by atomic mass is 16.6. The van der Waals surface area contributed by atoms with Gasteiger partial charge in [-0.25, -0.2) is 0 Å². The number of morpholine rings is 1. The highest BCUT2D eigenvalue weighted by molar-refractivity contribution is 5.99. The van der Waals surface area contributed by atoms with E-state index in [9.17, 15) is 14.7 Å². The van der Waals surface area contributed by atoms with Gasteiger partial charge in [-0.1, -0.05) is 12.1 Å². The number of ether oxygens (including phenoxy) is 1. The third-order valence-electron chi connectivity index (χ3n) is 5.64. The van der Waals surface area contributed by atoms with Gasteiger partial charge in [-0.15, -0.1) is 0 Å². The van der Waals surface area contributed by atoms with E-state index in [1.54, 1.807) is 31.2 Å². The van der Waals surface area contributed by atoms with Crippen LogP contribution in [0.4, 0.5) is 5.69 Å². The van der Waals surface area contributed by atoms with Crippen LogP contribution >= 0.6 is 0 Å². The zero-order valence-corrected chi connectivity index (χ0v) is 14.5. The van der Waals surface area contributed by atoms with Crippen LogP contribution < -0.4 is 10.6 Å². The molecule has 0 unspecified atom stereocenters. The van der Waals surface area contributed by atoms with E-state index in [2.05, 4.69) is 10.6 Å². The number of cyclic esters (lactones) is 1. The predicted molar refractivity (Wildman–Crippen MR) is 89.2 cm³/mol. The lowest BCUT2D eigenvalue weighted by Crippen LogP contribution is -2.69. The molecule has 24 heavy (non-hydrogen) atoms. The number of rotatable bonds is 3. The first-order chi connectivity index (χ1) is 11.1. The first-order valence-corrected chi connectivity index (χ1v) is 8.15. The topological polar surface area (TPSA) is 87.7 Å². The van der Waals surface area contributed by atoms with E-state index in [1.807, 2.05) is 20.8 Å². The van der Waals surface area contributed by atoms with Crippen molar-refractivity contribution < 1.29 is 19.4 Å². The van der Waals surface area contributed by atoms with Gasteiger partial charge in [-0.05, 0) is 51.8 Å². The van der Waals surface area contributed by atoms with Crippen molar-refractivity contribution in [1.82, 2.24) is 5.32 Å². The van der Waals surface area contributed by atoms with Crippen molar-refractivity contribution in [3.8, 4) is 0 Å². The molecule has 2 heterocycles. The zero-order valence-electron chi connectivity index (χ0n) is 14.5. The molecule has 130 valence electrons. The van der Waals surface area contributed by atoms with Gasteiger partial charge < -0.3 is 15.2 Å². The second kappa shape index (κ2) is 5.29. The van der Waals surface area contributed by atoms with Crippen molar-refractivity contribution in [2.75, 3.05) is 5.32 Å². The minimum Gasteiger partial charge on any atom is -0.456 e. The van der Waals surface area contributed by atoms with Gasteiger partial charge in [0.15, 0.2) is 0 Å². The molecular weight excluding hydrogens is 308 g/mol. The molecule has 2 aliphatic rings. The summed E-state index contributed by atoms with van der Waals surface area (Å²) in [5.41, 5.74) is -0.868. The largest absolute Gasteiger partial charge is 0.456 e. The second-order valence-corrected chi connectivity index (χ2v) is 7.66. The van der Waals surface area contributed by atoms with Crippen LogP contribution in [0.3, 0.4) is 0 Å². The SMILES string of the molecule is CC1(C)OC(=O)[C@@]2(C)N[C@]1(C)C[C@@H]2C(=O)Nc1cccc(CO)c1. The maximum absolute atomic E-state index is 12.8. The van der Waals surface area contributed by atoms with Crippen LogP contribution in [0.25, 0.3) is 0 Å². The number of hydrogen-bond donors (Lipinski definition) is 3. The van der Waals surface area contributed by atoms with E-state index in [0.29, 0.717) is 12.1 Å². The van der Waals surface area contributed by atoms with E-state index in [-0.39, 0.29) is 12.5 Å². The van der Waals surface area contributed by atoms with Gasteiger partial charge in [0.1, 0.15) is 11.1 Å². The number of esters is 1. The number of benzene rings is 1. The molecule has 3 N–H and O–H groups in total. The van der Waals surface area contributed by atoms with Crippen LogP contribution in [0.15, 0.2) is 24.3 Å². The number of aliphatic hydroxyl groups is 1. The van der Waals surface area contributed by atoms with Crippen LogP contribution in [0.1, 0.15) is 39.7 Å². The first kappa shape index (κ1) is 16.9. The molecule has 1 aromatic rings. The number of anilines is 1. The Morgan fingerprint density at radius 2 is 2.08 bits per heavy atom. The lowest BCUT2D eigenvalue weighted by Gasteiger charge is -2.47. The van der Waals surface area contributed by atoms with Gasteiger partial charge in [0, 0.05) is 5.69 Å². The summed E-state index contributed by atoms with van der Waals surface area (Å²) < 4.78 is 5.62. The van der Waals surface area contributed by atoms with Crippen molar-refractivity contribution in [3.05, 3.63) is 29.8 Å². The summed E-state index contributed by atoms with van der Waals surface area (Å²) >= 11 is 0. The molecule has 6 heteroatoms. The molecule has 0 saturated carbocycles. The Morgan fingerprint density at radius 3 is 2.75 bits per heavy atom. The molecule has 2 fully saturated rings. The average Bonchev–Trinajstić information content (AvgIpc) is 2.78. The fraction of sp³-hybridized carbons (Fsp3) is 0.556. The Hall–Kier alpha value is -1.92. The van der Waals surface area contributed by atoms with Crippen LogP contribution in [-0.2, 0) is 20.9 Å².